The molecule has 0 saturated heterocycles. The van der Waals surface area contributed by atoms with Crippen LogP contribution in [0.15, 0.2) is 12.3 Å². The first kappa shape index (κ1) is 6.43. The first-order valence-corrected chi connectivity index (χ1v) is 2.65. The van der Waals surface area contributed by atoms with Crippen LogP contribution >= 0.6 is 0 Å². The normalized spacial score (nSPS) is 8.70. The fourth-order valence-corrected chi connectivity index (χ4v) is 0.580. The van der Waals surface area contributed by atoms with Crippen molar-refractivity contribution < 1.29 is 5.11 Å². The third-order valence-electron chi connectivity index (χ3n) is 1.06. The zero-order chi connectivity index (χ0) is 7.56. The molecule has 1 heterocycles. The van der Waals surface area contributed by atoms with Gasteiger partial charge in [0.05, 0.1) is 11.8 Å². The lowest BCUT2D eigenvalue weighted by Crippen LogP contribution is -1.92. The molecule has 1 rings (SSSR count). The van der Waals surface area contributed by atoms with E-state index in [0.29, 0.717) is 5.56 Å². The van der Waals surface area contributed by atoms with Gasteiger partial charge in [-0.2, -0.15) is 0 Å². The first-order chi connectivity index (χ1) is 4.74. The summed E-state index contributed by atoms with van der Waals surface area (Å²) >= 11 is 0. The van der Waals surface area contributed by atoms with E-state index >= 15 is 0 Å². The van der Waals surface area contributed by atoms with Crippen molar-refractivity contribution in [3.05, 3.63) is 17.8 Å². The van der Waals surface area contributed by atoms with E-state index in [1.807, 2.05) is 0 Å². The minimum absolute atomic E-state index is 0.0298. The highest BCUT2D eigenvalue weighted by atomic mass is 16.3. The number of rotatable bonds is 0. The van der Waals surface area contributed by atoms with Crippen LogP contribution in [0.3, 0.4) is 0 Å². The molecule has 10 heavy (non-hydrogen) atoms. The standard InChI is InChI=1S/C7H6N2O/c1-2-5-3-6(10)4-9-7(5)8/h1,3-4,10H,(H2,8,9). The van der Waals surface area contributed by atoms with Gasteiger partial charge in [-0.1, -0.05) is 5.92 Å². The lowest BCUT2D eigenvalue weighted by molar-refractivity contribution is 0.472. The fourth-order valence-electron chi connectivity index (χ4n) is 0.580. The van der Waals surface area contributed by atoms with E-state index in [9.17, 15) is 0 Å². The number of nitrogens with two attached hydrogens (primary N) is 1. The second kappa shape index (κ2) is 2.28. The SMILES string of the molecule is C#Cc1cc(O)cnc1N. The number of aromatic hydroxyl groups is 1. The molecule has 0 radical (unpaired) electrons. The molecule has 0 aliphatic heterocycles. The predicted molar refractivity (Wildman–Crippen MR) is 38.2 cm³/mol. The van der Waals surface area contributed by atoms with Crippen LogP contribution in [-0.4, -0.2) is 10.1 Å². The van der Waals surface area contributed by atoms with Crippen LogP contribution in [0.2, 0.25) is 0 Å². The van der Waals surface area contributed by atoms with E-state index in [2.05, 4.69) is 10.9 Å². The molecule has 0 saturated carbocycles. The monoisotopic (exact) mass is 134 g/mol. The summed E-state index contributed by atoms with van der Waals surface area (Å²) < 4.78 is 0. The van der Waals surface area contributed by atoms with Crippen molar-refractivity contribution in [2.24, 2.45) is 0 Å². The first-order valence-electron chi connectivity index (χ1n) is 2.65. The summed E-state index contributed by atoms with van der Waals surface area (Å²) in [4.78, 5) is 3.63. The molecule has 1 aromatic heterocycles. The summed E-state index contributed by atoms with van der Waals surface area (Å²) in [5.74, 6) is 2.58. The maximum absolute atomic E-state index is 8.86. The summed E-state index contributed by atoms with van der Waals surface area (Å²) in [5.41, 5.74) is 5.75. The Hall–Kier alpha value is -1.69. The van der Waals surface area contributed by atoms with Crippen molar-refractivity contribution in [2.45, 2.75) is 0 Å². The van der Waals surface area contributed by atoms with Crippen LogP contribution in [0.5, 0.6) is 5.75 Å². The summed E-state index contributed by atoms with van der Waals surface area (Å²) in [5, 5.41) is 8.86. The van der Waals surface area contributed by atoms with Crippen LogP contribution in [0, 0.1) is 12.3 Å². The van der Waals surface area contributed by atoms with Gasteiger partial charge in [0.15, 0.2) is 0 Å². The van der Waals surface area contributed by atoms with Crippen molar-refractivity contribution in [1.82, 2.24) is 4.98 Å². The Morgan fingerprint density at radius 1 is 1.70 bits per heavy atom. The summed E-state index contributed by atoms with van der Waals surface area (Å²) in [6.07, 6.45) is 6.28. The van der Waals surface area contributed by atoms with Crippen molar-refractivity contribution >= 4 is 5.82 Å². The average Bonchev–Trinajstić information content (AvgIpc) is 1.94. The molecule has 0 aliphatic rings. The zero-order valence-electron chi connectivity index (χ0n) is 5.20. The molecule has 1 aromatic rings. The van der Waals surface area contributed by atoms with Crippen molar-refractivity contribution in [2.75, 3.05) is 5.73 Å². The molecule has 0 amide bonds. The maximum Gasteiger partial charge on any atom is 0.139 e. The molecule has 0 atom stereocenters. The van der Waals surface area contributed by atoms with Crippen LogP contribution < -0.4 is 5.73 Å². The Labute approximate surface area is 58.5 Å². The minimum Gasteiger partial charge on any atom is -0.506 e. The van der Waals surface area contributed by atoms with Crippen LogP contribution in [0.1, 0.15) is 5.56 Å². The third-order valence-corrected chi connectivity index (χ3v) is 1.06. The number of nitrogens with zero attached hydrogens (tertiary/aromatic N) is 1. The average molecular weight is 134 g/mol. The van der Waals surface area contributed by atoms with Crippen LogP contribution in [-0.2, 0) is 0 Å². The third kappa shape index (κ3) is 1.00. The number of hydrogen-bond donors (Lipinski definition) is 2. The topological polar surface area (TPSA) is 59.1 Å². The fraction of sp³-hybridized carbons (Fsp3) is 0. The van der Waals surface area contributed by atoms with Gasteiger partial charge < -0.3 is 10.8 Å². The lowest BCUT2D eigenvalue weighted by Gasteiger charge is -1.95. The molecular weight excluding hydrogens is 128 g/mol. The van der Waals surface area contributed by atoms with Gasteiger partial charge in [-0.15, -0.1) is 6.42 Å². The molecule has 0 bridgehead atoms. The van der Waals surface area contributed by atoms with E-state index in [1.165, 1.54) is 12.3 Å². The van der Waals surface area contributed by atoms with Gasteiger partial charge in [0, 0.05) is 6.07 Å². The molecule has 0 aliphatic carbocycles. The van der Waals surface area contributed by atoms with Gasteiger partial charge in [0.25, 0.3) is 0 Å². The molecule has 50 valence electrons. The Morgan fingerprint density at radius 3 is 2.90 bits per heavy atom. The molecule has 0 fully saturated rings. The number of hydrogen-bond acceptors (Lipinski definition) is 3. The Balaban J connectivity index is 3.25. The lowest BCUT2D eigenvalue weighted by atomic mass is 10.2. The summed E-state index contributed by atoms with van der Waals surface area (Å²) in [6.45, 7) is 0. The summed E-state index contributed by atoms with van der Waals surface area (Å²) in [7, 11) is 0. The van der Waals surface area contributed by atoms with Gasteiger partial charge in [0.1, 0.15) is 11.6 Å². The van der Waals surface area contributed by atoms with Gasteiger partial charge in [0.2, 0.25) is 0 Å². The molecule has 0 aromatic carbocycles. The van der Waals surface area contributed by atoms with Crippen molar-refractivity contribution in [3.63, 3.8) is 0 Å². The van der Waals surface area contributed by atoms with E-state index in [-0.39, 0.29) is 11.6 Å². The largest absolute Gasteiger partial charge is 0.506 e. The van der Waals surface area contributed by atoms with Gasteiger partial charge in [-0.3, -0.25) is 0 Å². The number of nitrogen functional groups attached to an aromatic ring is 1. The van der Waals surface area contributed by atoms with Crippen molar-refractivity contribution in [3.8, 4) is 18.1 Å². The molecular formula is C7H6N2O. The molecule has 0 unspecified atom stereocenters. The number of anilines is 1. The van der Waals surface area contributed by atoms with Gasteiger partial charge >= 0.3 is 0 Å². The molecule has 0 spiro atoms. The zero-order valence-corrected chi connectivity index (χ0v) is 5.20. The van der Waals surface area contributed by atoms with E-state index in [0.717, 1.165) is 0 Å². The number of terminal acetylenes is 1. The predicted octanol–water partition coefficient (Wildman–Crippen LogP) is 0.351. The van der Waals surface area contributed by atoms with E-state index < -0.39 is 0 Å². The smallest absolute Gasteiger partial charge is 0.139 e. The highest BCUT2D eigenvalue weighted by molar-refractivity contribution is 5.51. The highest BCUT2D eigenvalue weighted by Crippen LogP contribution is 2.13. The molecule has 3 N–H and O–H groups in total. The molecule has 3 nitrogen and oxygen atoms in total. The van der Waals surface area contributed by atoms with Gasteiger partial charge in [-0.05, 0) is 0 Å². The molecule has 3 heteroatoms. The van der Waals surface area contributed by atoms with E-state index in [1.54, 1.807) is 0 Å². The summed E-state index contributed by atoms with van der Waals surface area (Å²) in [6, 6.07) is 1.39. The second-order valence-electron chi connectivity index (χ2n) is 1.77. The number of aromatic nitrogens is 1. The quantitative estimate of drug-likeness (QED) is 0.503. The van der Waals surface area contributed by atoms with Crippen LogP contribution in [0.4, 0.5) is 5.82 Å². The minimum atomic E-state index is 0.0298. The highest BCUT2D eigenvalue weighted by Gasteiger charge is 1.96. The Morgan fingerprint density at radius 2 is 2.40 bits per heavy atom. The number of pyridine rings is 1. The van der Waals surface area contributed by atoms with Crippen molar-refractivity contribution in [1.29, 1.82) is 0 Å². The van der Waals surface area contributed by atoms with Gasteiger partial charge in [-0.25, -0.2) is 4.98 Å². The second-order valence-corrected chi connectivity index (χ2v) is 1.77. The maximum atomic E-state index is 8.86. The Bertz CT molecular complexity index is 288. The van der Waals surface area contributed by atoms with E-state index in [4.69, 9.17) is 17.3 Å². The Kier molecular flexibility index (Phi) is 1.46. The van der Waals surface area contributed by atoms with Crippen LogP contribution in [0.25, 0.3) is 0 Å².